The predicted octanol–water partition coefficient (Wildman–Crippen LogP) is 1.38. The van der Waals surface area contributed by atoms with Crippen LogP contribution in [-0.2, 0) is 11.4 Å². The van der Waals surface area contributed by atoms with Gasteiger partial charge in [-0.15, -0.1) is 0 Å². The lowest BCUT2D eigenvalue weighted by Gasteiger charge is -2.25. The molecule has 0 aromatic carbocycles. The van der Waals surface area contributed by atoms with Crippen molar-refractivity contribution in [1.29, 1.82) is 0 Å². The van der Waals surface area contributed by atoms with Gasteiger partial charge in [0.05, 0.1) is 18.8 Å². The minimum atomic E-state index is 0.0517. The number of nitrogens with zero attached hydrogens (tertiary/aromatic N) is 3. The number of hydrogen-bond donors (Lipinski definition) is 0. The SMILES string of the molecule is CCON([O-])Cc1ccnc(Cl)n1. The number of aromatic nitrogens is 2. The Bertz CT molecular complexity index is 272. The van der Waals surface area contributed by atoms with E-state index in [1.165, 1.54) is 6.20 Å². The zero-order valence-electron chi connectivity index (χ0n) is 7.11. The molecule has 0 unspecified atom stereocenters. The van der Waals surface area contributed by atoms with E-state index in [0.717, 1.165) is 0 Å². The van der Waals surface area contributed by atoms with Gasteiger partial charge in [-0.1, -0.05) is 0 Å². The van der Waals surface area contributed by atoms with Gasteiger partial charge >= 0.3 is 0 Å². The lowest BCUT2D eigenvalue weighted by Crippen LogP contribution is -2.16. The van der Waals surface area contributed by atoms with Gasteiger partial charge in [0.15, 0.2) is 0 Å². The fourth-order valence-electron chi connectivity index (χ4n) is 0.779. The molecule has 0 aliphatic heterocycles. The quantitative estimate of drug-likeness (QED) is 0.545. The van der Waals surface area contributed by atoms with Crippen LogP contribution < -0.4 is 0 Å². The molecule has 1 aromatic heterocycles. The maximum absolute atomic E-state index is 10.9. The molecule has 0 aliphatic rings. The molecule has 0 amide bonds. The Labute approximate surface area is 80.8 Å². The van der Waals surface area contributed by atoms with Gasteiger partial charge in [0.25, 0.3) is 0 Å². The standard InChI is InChI=1S/C7H9ClN3O2/c1-2-13-11(12)5-6-3-4-9-7(8)10-6/h3-4H,2,5H2,1H3/q-1. The molecule has 6 heteroatoms. The van der Waals surface area contributed by atoms with Crippen molar-refractivity contribution in [1.82, 2.24) is 15.2 Å². The second-order valence-corrected chi connectivity index (χ2v) is 2.56. The van der Waals surface area contributed by atoms with E-state index in [0.29, 0.717) is 17.5 Å². The first kappa shape index (κ1) is 10.3. The Kier molecular flexibility index (Phi) is 4.04. The van der Waals surface area contributed by atoms with Gasteiger partial charge in [-0.25, -0.2) is 9.97 Å². The maximum Gasteiger partial charge on any atom is 0.222 e. The summed E-state index contributed by atoms with van der Waals surface area (Å²) >= 11 is 5.52. The Morgan fingerprint density at radius 3 is 3.08 bits per heavy atom. The average molecular weight is 203 g/mol. The number of halogens is 1. The molecule has 1 heterocycles. The molecule has 5 nitrogen and oxygen atoms in total. The van der Waals surface area contributed by atoms with E-state index in [4.69, 9.17) is 11.6 Å². The van der Waals surface area contributed by atoms with Crippen LogP contribution in [0.3, 0.4) is 0 Å². The van der Waals surface area contributed by atoms with E-state index < -0.39 is 0 Å². The topological polar surface area (TPSA) is 61.3 Å². The van der Waals surface area contributed by atoms with Crippen molar-refractivity contribution < 1.29 is 4.84 Å². The molecule has 0 radical (unpaired) electrons. The lowest BCUT2D eigenvalue weighted by molar-refractivity contribution is -0.122. The van der Waals surface area contributed by atoms with E-state index in [2.05, 4.69) is 14.8 Å². The fraction of sp³-hybridized carbons (Fsp3) is 0.429. The molecule has 0 N–H and O–H groups in total. The third-order valence-corrected chi connectivity index (χ3v) is 1.43. The van der Waals surface area contributed by atoms with E-state index >= 15 is 0 Å². The smallest absolute Gasteiger partial charge is 0.222 e. The van der Waals surface area contributed by atoms with Crippen LogP contribution in [0.2, 0.25) is 5.28 Å². The molecule has 0 saturated heterocycles. The summed E-state index contributed by atoms with van der Waals surface area (Å²) < 4.78 is 0. The molecular formula is C7H9ClN3O2-. The van der Waals surface area contributed by atoms with Gasteiger partial charge in [0.1, 0.15) is 0 Å². The first-order chi connectivity index (χ1) is 6.22. The van der Waals surface area contributed by atoms with Crippen LogP contribution in [-0.4, -0.2) is 21.8 Å². The van der Waals surface area contributed by atoms with Crippen LogP contribution in [0.15, 0.2) is 12.3 Å². The van der Waals surface area contributed by atoms with Gasteiger partial charge in [-0.3, -0.25) is 5.23 Å². The monoisotopic (exact) mass is 202 g/mol. The van der Waals surface area contributed by atoms with Crippen LogP contribution in [0, 0.1) is 5.21 Å². The van der Waals surface area contributed by atoms with Gasteiger partial charge < -0.3 is 10.0 Å². The predicted molar refractivity (Wildman–Crippen MR) is 47.6 cm³/mol. The molecule has 0 saturated carbocycles. The molecule has 72 valence electrons. The van der Waals surface area contributed by atoms with Crippen molar-refractivity contribution in [3.05, 3.63) is 28.4 Å². The van der Waals surface area contributed by atoms with Gasteiger partial charge in [0, 0.05) is 6.20 Å². The van der Waals surface area contributed by atoms with Gasteiger partial charge in [-0.05, 0) is 24.6 Å². The maximum atomic E-state index is 10.9. The minimum Gasteiger partial charge on any atom is -0.762 e. The van der Waals surface area contributed by atoms with Crippen molar-refractivity contribution >= 4 is 11.6 Å². The van der Waals surface area contributed by atoms with Crippen LogP contribution >= 0.6 is 11.6 Å². The molecule has 0 atom stereocenters. The highest BCUT2D eigenvalue weighted by molar-refractivity contribution is 6.28. The Hall–Kier alpha value is -0.750. The summed E-state index contributed by atoms with van der Waals surface area (Å²) in [4.78, 5) is 12.2. The third-order valence-electron chi connectivity index (χ3n) is 1.25. The fourth-order valence-corrected chi connectivity index (χ4v) is 0.944. The van der Waals surface area contributed by atoms with Gasteiger partial charge in [0.2, 0.25) is 5.28 Å². The Morgan fingerprint density at radius 2 is 2.46 bits per heavy atom. The highest BCUT2D eigenvalue weighted by Crippen LogP contribution is 2.03. The van der Waals surface area contributed by atoms with Crippen LogP contribution in [0.5, 0.6) is 0 Å². The number of hydrogen-bond acceptors (Lipinski definition) is 5. The zero-order valence-corrected chi connectivity index (χ0v) is 7.86. The number of hydroxylamine groups is 2. The van der Waals surface area contributed by atoms with Crippen LogP contribution in [0.1, 0.15) is 12.6 Å². The van der Waals surface area contributed by atoms with E-state index in [9.17, 15) is 5.21 Å². The summed E-state index contributed by atoms with van der Waals surface area (Å²) in [5.74, 6) is 0. The largest absolute Gasteiger partial charge is 0.762 e. The van der Waals surface area contributed by atoms with Crippen molar-refractivity contribution in [2.24, 2.45) is 0 Å². The molecule has 13 heavy (non-hydrogen) atoms. The van der Waals surface area contributed by atoms with Crippen molar-refractivity contribution in [3.8, 4) is 0 Å². The first-order valence-corrected chi connectivity index (χ1v) is 4.15. The summed E-state index contributed by atoms with van der Waals surface area (Å²) in [5, 5.41) is 11.5. The molecule has 1 rings (SSSR count). The number of rotatable bonds is 4. The lowest BCUT2D eigenvalue weighted by atomic mass is 10.4. The summed E-state index contributed by atoms with van der Waals surface area (Å²) in [6.07, 6.45) is 1.49. The van der Waals surface area contributed by atoms with Crippen molar-refractivity contribution in [2.45, 2.75) is 13.5 Å². The molecule has 0 aliphatic carbocycles. The van der Waals surface area contributed by atoms with Crippen molar-refractivity contribution in [2.75, 3.05) is 6.61 Å². The molecule has 0 spiro atoms. The summed E-state index contributed by atoms with van der Waals surface area (Å²) in [6, 6.07) is 1.61. The minimum absolute atomic E-state index is 0.0517. The van der Waals surface area contributed by atoms with Gasteiger partial charge in [-0.2, -0.15) is 0 Å². The molecular weight excluding hydrogens is 194 g/mol. The first-order valence-electron chi connectivity index (χ1n) is 3.77. The average Bonchev–Trinajstić information content (AvgIpc) is 2.04. The Morgan fingerprint density at radius 1 is 1.69 bits per heavy atom. The van der Waals surface area contributed by atoms with E-state index in [-0.39, 0.29) is 11.8 Å². The van der Waals surface area contributed by atoms with E-state index in [1.54, 1.807) is 13.0 Å². The Balaban J connectivity index is 2.53. The third kappa shape index (κ3) is 3.65. The summed E-state index contributed by atoms with van der Waals surface area (Å²) in [6.45, 7) is 2.12. The zero-order chi connectivity index (χ0) is 9.68. The summed E-state index contributed by atoms with van der Waals surface area (Å²) in [5.41, 5.74) is 0.531. The van der Waals surface area contributed by atoms with E-state index in [1.807, 2.05) is 0 Å². The second-order valence-electron chi connectivity index (χ2n) is 2.23. The molecule has 0 bridgehead atoms. The van der Waals surface area contributed by atoms with Crippen LogP contribution in [0.25, 0.3) is 0 Å². The molecule has 1 aromatic rings. The van der Waals surface area contributed by atoms with Crippen LogP contribution in [0.4, 0.5) is 0 Å². The second kappa shape index (κ2) is 5.08. The highest BCUT2D eigenvalue weighted by atomic mass is 35.5. The van der Waals surface area contributed by atoms with Crippen molar-refractivity contribution in [3.63, 3.8) is 0 Å². The highest BCUT2D eigenvalue weighted by Gasteiger charge is 1.97. The normalized spacial score (nSPS) is 10.8. The molecule has 0 fully saturated rings. The summed E-state index contributed by atoms with van der Waals surface area (Å²) in [7, 11) is 0.